The summed E-state index contributed by atoms with van der Waals surface area (Å²) >= 11 is 0. The third-order valence-electron chi connectivity index (χ3n) is 3.60. The van der Waals surface area contributed by atoms with Gasteiger partial charge in [0.1, 0.15) is 0 Å². The number of carboxylic acid groups (broad SMARTS) is 1. The molecular weight excluding hydrogens is 314 g/mol. The van der Waals surface area contributed by atoms with Gasteiger partial charge in [-0.2, -0.15) is 4.98 Å². The molecule has 122 valence electrons. The van der Waals surface area contributed by atoms with Crippen molar-refractivity contribution in [3.8, 4) is 0 Å². The number of aromatic amines is 1. The molecule has 0 bridgehead atoms. The molecule has 1 aromatic carbocycles. The summed E-state index contributed by atoms with van der Waals surface area (Å²) in [6.07, 6.45) is 1.34. The SMILES string of the molecule is Cn1c(=O)c2[nH]c(/N=C/c3ccccc3C(=O)O)nc2n(C)c1=O. The van der Waals surface area contributed by atoms with Crippen molar-refractivity contribution in [3.63, 3.8) is 0 Å². The molecule has 0 amide bonds. The molecule has 0 saturated carbocycles. The third-order valence-corrected chi connectivity index (χ3v) is 3.60. The number of carbonyl (C=O) groups is 1. The van der Waals surface area contributed by atoms with Crippen LogP contribution in [0.15, 0.2) is 38.8 Å². The highest BCUT2D eigenvalue weighted by atomic mass is 16.4. The lowest BCUT2D eigenvalue weighted by Gasteiger charge is -2.00. The van der Waals surface area contributed by atoms with Crippen LogP contribution in [-0.2, 0) is 14.1 Å². The van der Waals surface area contributed by atoms with Gasteiger partial charge in [0, 0.05) is 25.9 Å². The lowest BCUT2D eigenvalue weighted by Crippen LogP contribution is -2.36. The minimum atomic E-state index is -1.07. The molecule has 0 unspecified atom stereocenters. The molecule has 2 aromatic heterocycles. The Hall–Kier alpha value is -3.49. The van der Waals surface area contributed by atoms with E-state index in [4.69, 9.17) is 5.11 Å². The highest BCUT2D eigenvalue weighted by Crippen LogP contribution is 2.12. The van der Waals surface area contributed by atoms with E-state index in [1.165, 1.54) is 30.9 Å². The number of nitrogens with one attached hydrogen (secondary N) is 1. The summed E-state index contributed by atoms with van der Waals surface area (Å²) in [5, 5.41) is 9.14. The van der Waals surface area contributed by atoms with Crippen LogP contribution in [0.4, 0.5) is 5.95 Å². The average molecular weight is 327 g/mol. The van der Waals surface area contributed by atoms with Crippen LogP contribution in [0, 0.1) is 0 Å². The fourth-order valence-electron chi connectivity index (χ4n) is 2.31. The fourth-order valence-corrected chi connectivity index (χ4v) is 2.31. The fraction of sp³-hybridized carbons (Fsp3) is 0.133. The van der Waals surface area contributed by atoms with Crippen LogP contribution in [0.5, 0.6) is 0 Å². The van der Waals surface area contributed by atoms with Crippen LogP contribution in [0.2, 0.25) is 0 Å². The highest BCUT2D eigenvalue weighted by Gasteiger charge is 2.13. The Morgan fingerprint density at radius 3 is 2.67 bits per heavy atom. The number of aliphatic imine (C=N–C) groups is 1. The first-order valence-corrected chi connectivity index (χ1v) is 6.92. The summed E-state index contributed by atoms with van der Waals surface area (Å²) in [6.45, 7) is 0. The monoisotopic (exact) mass is 327 g/mol. The molecule has 9 heteroatoms. The first-order chi connectivity index (χ1) is 11.4. The number of imidazole rings is 1. The summed E-state index contributed by atoms with van der Waals surface area (Å²) in [7, 11) is 2.87. The second kappa shape index (κ2) is 5.61. The van der Waals surface area contributed by atoms with E-state index in [2.05, 4.69) is 15.0 Å². The number of H-pyrrole nitrogens is 1. The Balaban J connectivity index is 2.11. The van der Waals surface area contributed by atoms with Crippen molar-refractivity contribution in [2.45, 2.75) is 0 Å². The van der Waals surface area contributed by atoms with E-state index in [1.807, 2.05) is 0 Å². The second-order valence-electron chi connectivity index (χ2n) is 5.12. The molecule has 2 N–H and O–H groups in total. The molecule has 3 aromatic rings. The molecular formula is C15H13N5O4. The van der Waals surface area contributed by atoms with Gasteiger partial charge in [0.05, 0.1) is 5.56 Å². The average Bonchev–Trinajstić information content (AvgIpc) is 3.01. The number of rotatable bonds is 3. The summed E-state index contributed by atoms with van der Waals surface area (Å²) in [5.41, 5.74) is -0.174. The molecule has 0 aliphatic rings. The number of fused-ring (bicyclic) bond motifs is 1. The van der Waals surface area contributed by atoms with E-state index in [1.54, 1.807) is 18.2 Å². The second-order valence-corrected chi connectivity index (χ2v) is 5.12. The highest BCUT2D eigenvalue weighted by molar-refractivity contribution is 5.98. The van der Waals surface area contributed by atoms with Crippen LogP contribution >= 0.6 is 0 Å². The van der Waals surface area contributed by atoms with Crippen LogP contribution in [0.25, 0.3) is 11.2 Å². The first kappa shape index (κ1) is 15.4. The number of nitrogens with zero attached hydrogens (tertiary/aromatic N) is 4. The Morgan fingerprint density at radius 2 is 1.96 bits per heavy atom. The van der Waals surface area contributed by atoms with Crippen molar-refractivity contribution in [3.05, 3.63) is 56.2 Å². The van der Waals surface area contributed by atoms with Gasteiger partial charge < -0.3 is 10.1 Å². The van der Waals surface area contributed by atoms with Gasteiger partial charge in [-0.1, -0.05) is 18.2 Å². The molecule has 0 aliphatic carbocycles. The van der Waals surface area contributed by atoms with Crippen LogP contribution in [-0.4, -0.2) is 36.4 Å². The van der Waals surface area contributed by atoms with Gasteiger partial charge in [0.15, 0.2) is 11.2 Å². The van der Waals surface area contributed by atoms with Crippen LogP contribution in [0.3, 0.4) is 0 Å². The maximum Gasteiger partial charge on any atom is 0.336 e. The molecule has 0 radical (unpaired) electrons. The van der Waals surface area contributed by atoms with Crippen LogP contribution in [0.1, 0.15) is 15.9 Å². The molecule has 0 atom stereocenters. The normalized spacial score (nSPS) is 11.4. The maximum atomic E-state index is 12.1. The Kier molecular flexibility index (Phi) is 3.60. The van der Waals surface area contributed by atoms with Crippen molar-refractivity contribution < 1.29 is 9.90 Å². The topological polar surface area (TPSA) is 122 Å². The predicted octanol–water partition coefficient (Wildman–Crippen LogP) is 0.409. The van der Waals surface area contributed by atoms with Gasteiger partial charge in [-0.3, -0.25) is 13.9 Å². The van der Waals surface area contributed by atoms with Crippen molar-refractivity contribution in [2.75, 3.05) is 0 Å². The third kappa shape index (κ3) is 2.41. The van der Waals surface area contributed by atoms with E-state index >= 15 is 0 Å². The number of aryl methyl sites for hydroxylation is 1. The van der Waals surface area contributed by atoms with Crippen molar-refractivity contribution in [1.29, 1.82) is 0 Å². The number of hydrogen-bond donors (Lipinski definition) is 2. The van der Waals surface area contributed by atoms with Gasteiger partial charge in [0.25, 0.3) is 5.56 Å². The van der Waals surface area contributed by atoms with Crippen molar-refractivity contribution in [2.24, 2.45) is 19.1 Å². The summed E-state index contributed by atoms with van der Waals surface area (Å²) in [5.74, 6) is -0.971. The minimum Gasteiger partial charge on any atom is -0.478 e. The van der Waals surface area contributed by atoms with E-state index in [9.17, 15) is 14.4 Å². The lowest BCUT2D eigenvalue weighted by molar-refractivity contribution is 0.0697. The van der Waals surface area contributed by atoms with Crippen molar-refractivity contribution in [1.82, 2.24) is 19.1 Å². The van der Waals surface area contributed by atoms with Gasteiger partial charge in [0.2, 0.25) is 5.95 Å². The summed E-state index contributed by atoms with van der Waals surface area (Å²) in [6, 6.07) is 6.36. The molecule has 0 spiro atoms. The van der Waals surface area contributed by atoms with Gasteiger partial charge >= 0.3 is 11.7 Å². The molecule has 2 heterocycles. The molecule has 9 nitrogen and oxygen atoms in total. The zero-order valence-corrected chi connectivity index (χ0v) is 12.8. The molecule has 0 saturated heterocycles. The maximum absolute atomic E-state index is 12.1. The Labute approximate surface area is 134 Å². The quantitative estimate of drug-likeness (QED) is 0.675. The first-order valence-electron chi connectivity index (χ1n) is 6.92. The van der Waals surface area contributed by atoms with Gasteiger partial charge in [-0.15, -0.1) is 0 Å². The van der Waals surface area contributed by atoms with E-state index in [0.29, 0.717) is 5.56 Å². The Bertz CT molecular complexity index is 1100. The zero-order valence-electron chi connectivity index (χ0n) is 12.8. The Morgan fingerprint density at radius 1 is 1.25 bits per heavy atom. The largest absolute Gasteiger partial charge is 0.478 e. The van der Waals surface area contributed by atoms with Crippen LogP contribution < -0.4 is 11.2 Å². The number of benzene rings is 1. The summed E-state index contributed by atoms with van der Waals surface area (Å²) < 4.78 is 2.20. The standard InChI is InChI=1S/C15H13N5O4/c1-19-11-10(12(21)20(2)15(19)24)17-14(18-11)16-7-8-5-3-4-6-9(8)13(22)23/h3-7H,1-2H3,(H,17,18)(H,22,23)/b16-7+. The predicted molar refractivity (Wildman–Crippen MR) is 87.2 cm³/mol. The molecule has 0 aliphatic heterocycles. The smallest absolute Gasteiger partial charge is 0.336 e. The molecule has 24 heavy (non-hydrogen) atoms. The number of aromatic carboxylic acids is 1. The lowest BCUT2D eigenvalue weighted by atomic mass is 10.1. The number of hydrogen-bond acceptors (Lipinski definition) is 5. The van der Waals surface area contributed by atoms with E-state index in [-0.39, 0.29) is 22.7 Å². The minimum absolute atomic E-state index is 0.0978. The zero-order chi connectivity index (χ0) is 17.4. The van der Waals surface area contributed by atoms with Gasteiger partial charge in [-0.05, 0) is 6.07 Å². The number of aromatic nitrogens is 4. The van der Waals surface area contributed by atoms with E-state index < -0.39 is 17.2 Å². The summed E-state index contributed by atoms with van der Waals surface area (Å²) in [4.78, 5) is 46.1. The molecule has 3 rings (SSSR count). The van der Waals surface area contributed by atoms with E-state index in [0.717, 1.165) is 4.57 Å². The van der Waals surface area contributed by atoms with Crippen molar-refractivity contribution >= 4 is 29.3 Å². The van der Waals surface area contributed by atoms with Gasteiger partial charge in [-0.25, -0.2) is 14.6 Å². The molecule has 0 fully saturated rings. The number of carboxylic acids is 1.